The lowest BCUT2D eigenvalue weighted by Gasteiger charge is -2.21. The van der Waals surface area contributed by atoms with Crippen molar-refractivity contribution in [2.75, 3.05) is 6.54 Å². The molecule has 0 atom stereocenters. The van der Waals surface area contributed by atoms with Crippen molar-refractivity contribution in [2.24, 2.45) is 0 Å². The van der Waals surface area contributed by atoms with Crippen LogP contribution in [0.15, 0.2) is 47.9 Å². The van der Waals surface area contributed by atoms with Gasteiger partial charge in [-0.3, -0.25) is 9.59 Å². The minimum atomic E-state index is -0.112. The van der Waals surface area contributed by atoms with Gasteiger partial charge in [0.2, 0.25) is 5.78 Å². The molecular formula is C15H19NO2. The Balaban J connectivity index is 2.95. The maximum Gasteiger partial charge on any atom is 0.204 e. The summed E-state index contributed by atoms with van der Waals surface area (Å²) in [5.41, 5.74) is 2.64. The zero-order chi connectivity index (χ0) is 13.9. The maximum absolute atomic E-state index is 12.1. The Bertz CT molecular complexity index is 481. The number of ketones is 2. The zero-order valence-corrected chi connectivity index (χ0v) is 11.2. The summed E-state index contributed by atoms with van der Waals surface area (Å²) in [7, 11) is 0. The molecule has 0 spiro atoms. The predicted molar refractivity (Wildman–Crippen MR) is 72.8 cm³/mol. The number of carbonyl (C=O) groups is 2. The van der Waals surface area contributed by atoms with Gasteiger partial charge in [-0.25, -0.2) is 0 Å². The number of hydrogen-bond donors (Lipinski definition) is 0. The largest absolute Gasteiger partial charge is 0.342 e. The van der Waals surface area contributed by atoms with Crippen molar-refractivity contribution in [3.05, 3.63) is 47.9 Å². The van der Waals surface area contributed by atoms with E-state index < -0.39 is 0 Å². The summed E-state index contributed by atoms with van der Waals surface area (Å²) in [5.74, 6) is -0.0485. The Morgan fingerprint density at radius 2 is 1.94 bits per heavy atom. The number of allylic oxidation sites excluding steroid dienone is 4. The molecule has 0 bridgehead atoms. The Kier molecular flexibility index (Phi) is 4.43. The van der Waals surface area contributed by atoms with Crippen molar-refractivity contribution in [2.45, 2.75) is 27.2 Å². The van der Waals surface area contributed by atoms with Gasteiger partial charge in [0, 0.05) is 17.8 Å². The van der Waals surface area contributed by atoms with Crippen molar-refractivity contribution >= 4 is 11.6 Å². The fourth-order valence-electron chi connectivity index (χ4n) is 2.11. The molecule has 0 N–H and O–H groups in total. The van der Waals surface area contributed by atoms with E-state index in [0.29, 0.717) is 24.2 Å². The molecule has 1 heterocycles. The van der Waals surface area contributed by atoms with Crippen molar-refractivity contribution in [1.82, 2.24) is 4.90 Å². The summed E-state index contributed by atoms with van der Waals surface area (Å²) in [4.78, 5) is 25.3. The first-order valence-corrected chi connectivity index (χ1v) is 5.91. The Hall–Kier alpha value is -1.90. The Labute approximate surface area is 108 Å². The van der Waals surface area contributed by atoms with Crippen molar-refractivity contribution in [3.8, 4) is 0 Å². The number of nitrogens with zero attached hydrogens (tertiary/aromatic N) is 1. The third-order valence-corrected chi connectivity index (χ3v) is 3.17. The van der Waals surface area contributed by atoms with E-state index in [1.54, 1.807) is 26.0 Å². The van der Waals surface area contributed by atoms with Crippen LogP contribution in [0.25, 0.3) is 0 Å². The predicted octanol–water partition coefficient (Wildman–Crippen LogP) is 2.77. The van der Waals surface area contributed by atoms with E-state index in [0.717, 1.165) is 11.3 Å². The minimum Gasteiger partial charge on any atom is -0.342 e. The molecule has 0 amide bonds. The summed E-state index contributed by atoms with van der Waals surface area (Å²) in [6.45, 7) is 13.2. The smallest absolute Gasteiger partial charge is 0.204 e. The van der Waals surface area contributed by atoms with Crippen LogP contribution in [0.3, 0.4) is 0 Å². The van der Waals surface area contributed by atoms with Gasteiger partial charge in [0.25, 0.3) is 0 Å². The fraction of sp³-hybridized carbons (Fsp3) is 0.333. The van der Waals surface area contributed by atoms with Crippen LogP contribution >= 0.6 is 0 Å². The lowest BCUT2D eigenvalue weighted by atomic mass is 10.1. The van der Waals surface area contributed by atoms with E-state index in [1.807, 2.05) is 11.8 Å². The molecule has 3 nitrogen and oxygen atoms in total. The molecule has 1 rings (SSSR count). The summed E-state index contributed by atoms with van der Waals surface area (Å²) in [6.07, 6.45) is 3.92. The van der Waals surface area contributed by atoms with Gasteiger partial charge in [0.15, 0.2) is 5.78 Å². The highest BCUT2D eigenvalue weighted by molar-refractivity contribution is 6.07. The maximum atomic E-state index is 12.1. The Morgan fingerprint density at radius 3 is 2.39 bits per heavy atom. The molecule has 0 aromatic rings. The van der Waals surface area contributed by atoms with E-state index in [9.17, 15) is 9.59 Å². The first kappa shape index (κ1) is 14.2. The van der Waals surface area contributed by atoms with Crippen molar-refractivity contribution in [3.63, 3.8) is 0 Å². The average molecular weight is 245 g/mol. The highest BCUT2D eigenvalue weighted by Crippen LogP contribution is 2.27. The van der Waals surface area contributed by atoms with Crippen molar-refractivity contribution in [1.29, 1.82) is 0 Å². The average Bonchev–Trinajstić information content (AvgIpc) is 2.69. The molecule has 96 valence electrons. The lowest BCUT2D eigenvalue weighted by Crippen LogP contribution is -2.23. The fourth-order valence-corrected chi connectivity index (χ4v) is 2.11. The third-order valence-electron chi connectivity index (χ3n) is 3.17. The van der Waals surface area contributed by atoms with Crippen LogP contribution in [-0.2, 0) is 9.59 Å². The molecule has 1 aliphatic rings. The van der Waals surface area contributed by atoms with E-state index in [2.05, 4.69) is 13.2 Å². The SMILES string of the molecule is C=CC=C(C)C(=O)C(=C)N1CCC(C(C)=O)=C1C. The second-order valence-electron chi connectivity index (χ2n) is 4.38. The van der Waals surface area contributed by atoms with Crippen LogP contribution in [0.5, 0.6) is 0 Å². The molecule has 18 heavy (non-hydrogen) atoms. The van der Waals surface area contributed by atoms with Crippen LogP contribution in [0, 0.1) is 0 Å². The molecule has 3 heteroatoms. The number of hydrogen-bond acceptors (Lipinski definition) is 3. The van der Waals surface area contributed by atoms with Crippen LogP contribution < -0.4 is 0 Å². The van der Waals surface area contributed by atoms with Crippen LogP contribution in [-0.4, -0.2) is 23.0 Å². The van der Waals surface area contributed by atoms with Gasteiger partial charge in [-0.1, -0.05) is 25.3 Å². The summed E-state index contributed by atoms with van der Waals surface area (Å²) < 4.78 is 0. The van der Waals surface area contributed by atoms with Gasteiger partial charge in [-0.2, -0.15) is 0 Å². The first-order chi connectivity index (χ1) is 8.40. The highest BCUT2D eigenvalue weighted by Gasteiger charge is 2.26. The number of carbonyl (C=O) groups excluding carboxylic acids is 2. The van der Waals surface area contributed by atoms with Gasteiger partial charge in [-0.05, 0) is 32.8 Å². The number of rotatable bonds is 5. The standard InChI is InChI=1S/C15H19NO2/c1-6-7-10(2)15(18)12(4)16-9-8-14(11(16)3)13(5)17/h6-7H,1,4,8-9H2,2-3,5H3. The second-order valence-corrected chi connectivity index (χ2v) is 4.38. The van der Waals surface area contributed by atoms with Gasteiger partial charge in [0.05, 0.1) is 5.70 Å². The molecule has 0 aliphatic carbocycles. The van der Waals surface area contributed by atoms with Gasteiger partial charge in [-0.15, -0.1) is 0 Å². The number of Topliss-reactive ketones (excluding diaryl/α,β-unsaturated/α-hetero) is 2. The van der Waals surface area contributed by atoms with Crippen LogP contribution in [0.4, 0.5) is 0 Å². The molecular weight excluding hydrogens is 226 g/mol. The van der Waals surface area contributed by atoms with Crippen LogP contribution in [0.2, 0.25) is 0 Å². The molecule has 0 radical (unpaired) electrons. The normalized spacial score (nSPS) is 15.9. The summed E-state index contributed by atoms with van der Waals surface area (Å²) >= 11 is 0. The van der Waals surface area contributed by atoms with E-state index in [1.165, 1.54) is 0 Å². The minimum absolute atomic E-state index is 0.0635. The van der Waals surface area contributed by atoms with Gasteiger partial charge < -0.3 is 4.90 Å². The molecule has 0 saturated heterocycles. The summed E-state index contributed by atoms with van der Waals surface area (Å²) in [5, 5.41) is 0. The topological polar surface area (TPSA) is 37.4 Å². The van der Waals surface area contributed by atoms with Crippen LogP contribution in [0.1, 0.15) is 27.2 Å². The molecule has 0 saturated carbocycles. The molecule has 0 aromatic carbocycles. The van der Waals surface area contributed by atoms with Gasteiger partial charge in [0.1, 0.15) is 0 Å². The highest BCUT2D eigenvalue weighted by atomic mass is 16.1. The quantitative estimate of drug-likeness (QED) is 0.552. The Morgan fingerprint density at radius 1 is 1.33 bits per heavy atom. The second kappa shape index (κ2) is 5.63. The lowest BCUT2D eigenvalue weighted by molar-refractivity contribution is -0.114. The molecule has 0 aromatic heterocycles. The van der Waals surface area contributed by atoms with E-state index >= 15 is 0 Å². The third kappa shape index (κ3) is 2.67. The van der Waals surface area contributed by atoms with E-state index in [-0.39, 0.29) is 11.6 Å². The zero-order valence-electron chi connectivity index (χ0n) is 11.2. The monoisotopic (exact) mass is 245 g/mol. The summed E-state index contributed by atoms with van der Waals surface area (Å²) in [6, 6.07) is 0. The van der Waals surface area contributed by atoms with Crippen molar-refractivity contribution < 1.29 is 9.59 Å². The molecule has 0 unspecified atom stereocenters. The molecule has 1 aliphatic heterocycles. The molecule has 0 fully saturated rings. The first-order valence-electron chi connectivity index (χ1n) is 5.91. The van der Waals surface area contributed by atoms with Gasteiger partial charge >= 0.3 is 0 Å². The van der Waals surface area contributed by atoms with E-state index in [4.69, 9.17) is 0 Å².